The summed E-state index contributed by atoms with van der Waals surface area (Å²) in [4.78, 5) is 10.5. The molecular weight excluding hydrogens is 204 g/mol. The molecule has 2 N–H and O–H groups in total. The van der Waals surface area contributed by atoms with E-state index in [1.54, 1.807) is 18.7 Å². The molecule has 0 saturated heterocycles. The molecule has 2 heterocycles. The van der Waals surface area contributed by atoms with Crippen molar-refractivity contribution in [1.29, 1.82) is 0 Å². The van der Waals surface area contributed by atoms with Gasteiger partial charge in [-0.2, -0.15) is 0 Å². The van der Waals surface area contributed by atoms with E-state index in [-0.39, 0.29) is 0 Å². The highest BCUT2D eigenvalue weighted by molar-refractivity contribution is 5.30. The molecule has 0 aliphatic heterocycles. The molecule has 0 bridgehead atoms. The highest BCUT2D eigenvalue weighted by Crippen LogP contribution is 2.10. The minimum atomic E-state index is 0.426. The zero-order chi connectivity index (χ0) is 11.4. The van der Waals surface area contributed by atoms with Gasteiger partial charge < -0.3 is 15.1 Å². The van der Waals surface area contributed by atoms with E-state index in [2.05, 4.69) is 9.97 Å². The summed E-state index contributed by atoms with van der Waals surface area (Å²) in [5, 5.41) is 0. The van der Waals surface area contributed by atoms with E-state index in [9.17, 15) is 0 Å². The van der Waals surface area contributed by atoms with Crippen LogP contribution in [0.4, 0.5) is 5.95 Å². The molecule has 5 nitrogen and oxygen atoms in total. The fourth-order valence-corrected chi connectivity index (χ4v) is 1.41. The van der Waals surface area contributed by atoms with Gasteiger partial charge in [0.25, 0.3) is 0 Å². The van der Waals surface area contributed by atoms with Crippen LogP contribution in [0.1, 0.15) is 11.3 Å². The van der Waals surface area contributed by atoms with Crippen LogP contribution in [0, 0.1) is 0 Å². The number of hydrogen-bond donors (Lipinski definition) is 1. The van der Waals surface area contributed by atoms with Gasteiger partial charge in [0.15, 0.2) is 0 Å². The third-order valence-electron chi connectivity index (χ3n) is 2.25. The molecule has 0 fully saturated rings. The molecule has 16 heavy (non-hydrogen) atoms. The lowest BCUT2D eigenvalue weighted by molar-refractivity contribution is 0.563. The number of furan rings is 1. The summed E-state index contributed by atoms with van der Waals surface area (Å²) in [6, 6.07) is 3.73. The van der Waals surface area contributed by atoms with Gasteiger partial charge in [-0.05, 0) is 12.1 Å². The third-order valence-corrected chi connectivity index (χ3v) is 2.25. The van der Waals surface area contributed by atoms with Crippen LogP contribution in [0.3, 0.4) is 0 Å². The topological polar surface area (TPSA) is 68.2 Å². The third kappa shape index (κ3) is 2.38. The van der Waals surface area contributed by atoms with Crippen LogP contribution in [0.25, 0.3) is 0 Å². The van der Waals surface area contributed by atoms with E-state index in [1.807, 2.05) is 24.1 Å². The number of hydrogen-bond acceptors (Lipinski definition) is 5. The fraction of sp³-hybridized carbons (Fsp3) is 0.273. The van der Waals surface area contributed by atoms with Gasteiger partial charge in [0.2, 0.25) is 5.95 Å². The molecule has 0 atom stereocenters. The predicted molar refractivity (Wildman–Crippen MR) is 60.7 cm³/mol. The first kappa shape index (κ1) is 10.6. The molecule has 2 aromatic rings. The van der Waals surface area contributed by atoms with E-state index >= 15 is 0 Å². The van der Waals surface area contributed by atoms with Crippen molar-refractivity contribution in [2.75, 3.05) is 11.9 Å². The summed E-state index contributed by atoms with van der Waals surface area (Å²) in [7, 11) is 1.93. The number of rotatable bonds is 4. The summed E-state index contributed by atoms with van der Waals surface area (Å²) >= 11 is 0. The van der Waals surface area contributed by atoms with Gasteiger partial charge in [-0.15, -0.1) is 0 Å². The first-order valence-corrected chi connectivity index (χ1v) is 5.04. The number of nitrogens with two attached hydrogens (primary N) is 1. The zero-order valence-corrected chi connectivity index (χ0v) is 9.13. The Morgan fingerprint density at radius 3 is 3.00 bits per heavy atom. The Balaban J connectivity index is 2.11. The van der Waals surface area contributed by atoms with E-state index < -0.39 is 0 Å². The van der Waals surface area contributed by atoms with Gasteiger partial charge in [-0.1, -0.05) is 0 Å². The lowest BCUT2D eigenvalue weighted by Gasteiger charge is -2.16. The maximum absolute atomic E-state index is 5.53. The molecule has 84 valence electrons. The second-order valence-electron chi connectivity index (χ2n) is 3.54. The summed E-state index contributed by atoms with van der Waals surface area (Å²) in [6.45, 7) is 1.14. The quantitative estimate of drug-likeness (QED) is 0.834. The van der Waals surface area contributed by atoms with Crippen LogP contribution in [-0.4, -0.2) is 17.0 Å². The Morgan fingerprint density at radius 1 is 1.44 bits per heavy atom. The summed E-state index contributed by atoms with van der Waals surface area (Å²) in [5.74, 6) is 0.671. The number of aromatic nitrogens is 2. The van der Waals surface area contributed by atoms with Gasteiger partial charge in [-0.3, -0.25) is 0 Å². The van der Waals surface area contributed by atoms with Gasteiger partial charge in [-0.25, -0.2) is 9.97 Å². The Hall–Kier alpha value is -1.88. The largest absolute Gasteiger partial charge is 0.472 e. The van der Waals surface area contributed by atoms with E-state index in [0.29, 0.717) is 19.0 Å². The molecule has 0 aromatic carbocycles. The SMILES string of the molecule is CN(Cc1ccoc1)c1nccc(CN)n1. The average molecular weight is 218 g/mol. The molecule has 0 spiro atoms. The van der Waals surface area contributed by atoms with Gasteiger partial charge in [0, 0.05) is 31.9 Å². The smallest absolute Gasteiger partial charge is 0.225 e. The highest BCUT2D eigenvalue weighted by atomic mass is 16.3. The molecule has 5 heteroatoms. The van der Waals surface area contributed by atoms with Crippen molar-refractivity contribution in [2.45, 2.75) is 13.1 Å². The minimum absolute atomic E-state index is 0.426. The van der Waals surface area contributed by atoms with Crippen LogP contribution in [0.5, 0.6) is 0 Å². The molecule has 0 unspecified atom stereocenters. The molecule has 0 saturated carbocycles. The van der Waals surface area contributed by atoms with E-state index in [1.165, 1.54) is 0 Å². The first-order valence-electron chi connectivity index (χ1n) is 5.04. The minimum Gasteiger partial charge on any atom is -0.472 e. The summed E-state index contributed by atoms with van der Waals surface area (Å²) in [6.07, 6.45) is 5.08. The van der Waals surface area contributed by atoms with Crippen LogP contribution >= 0.6 is 0 Å². The number of anilines is 1. The molecule has 0 aliphatic rings. The second kappa shape index (κ2) is 4.76. The van der Waals surface area contributed by atoms with Gasteiger partial charge in [0.05, 0.1) is 18.2 Å². The monoisotopic (exact) mass is 218 g/mol. The van der Waals surface area contributed by atoms with Crippen molar-refractivity contribution < 1.29 is 4.42 Å². The predicted octanol–water partition coefficient (Wildman–Crippen LogP) is 1.16. The Labute approximate surface area is 93.9 Å². The number of nitrogens with zero attached hydrogens (tertiary/aromatic N) is 3. The molecule has 0 aliphatic carbocycles. The van der Waals surface area contributed by atoms with Crippen molar-refractivity contribution in [2.24, 2.45) is 5.73 Å². The highest BCUT2D eigenvalue weighted by Gasteiger charge is 2.06. The van der Waals surface area contributed by atoms with Crippen molar-refractivity contribution in [3.05, 3.63) is 42.1 Å². The van der Waals surface area contributed by atoms with Crippen LogP contribution in [0.15, 0.2) is 35.3 Å². The van der Waals surface area contributed by atoms with Gasteiger partial charge in [0.1, 0.15) is 0 Å². The van der Waals surface area contributed by atoms with Crippen LogP contribution in [0.2, 0.25) is 0 Å². The molecule has 0 amide bonds. The van der Waals surface area contributed by atoms with Crippen molar-refractivity contribution >= 4 is 5.95 Å². The molecule has 2 rings (SSSR count). The summed E-state index contributed by atoms with van der Waals surface area (Å²) in [5.41, 5.74) is 7.46. The van der Waals surface area contributed by atoms with Crippen LogP contribution < -0.4 is 10.6 Å². The Kier molecular flexibility index (Phi) is 3.16. The first-order chi connectivity index (χ1) is 7.79. The lowest BCUT2D eigenvalue weighted by Crippen LogP contribution is -2.19. The average Bonchev–Trinajstić information content (AvgIpc) is 2.82. The Morgan fingerprint density at radius 2 is 2.31 bits per heavy atom. The second-order valence-corrected chi connectivity index (χ2v) is 3.54. The molecular formula is C11H14N4O. The van der Waals surface area contributed by atoms with Gasteiger partial charge >= 0.3 is 0 Å². The van der Waals surface area contributed by atoms with Crippen molar-refractivity contribution in [3.63, 3.8) is 0 Å². The summed E-state index contributed by atoms with van der Waals surface area (Å²) < 4.78 is 5.01. The van der Waals surface area contributed by atoms with Crippen LogP contribution in [-0.2, 0) is 13.1 Å². The molecule has 0 radical (unpaired) electrons. The Bertz CT molecular complexity index is 441. The van der Waals surface area contributed by atoms with Crippen molar-refractivity contribution in [1.82, 2.24) is 9.97 Å². The van der Waals surface area contributed by atoms with E-state index in [0.717, 1.165) is 11.3 Å². The van der Waals surface area contributed by atoms with Crippen molar-refractivity contribution in [3.8, 4) is 0 Å². The maximum atomic E-state index is 5.53. The maximum Gasteiger partial charge on any atom is 0.225 e. The molecule has 2 aromatic heterocycles. The zero-order valence-electron chi connectivity index (χ0n) is 9.13. The fourth-order valence-electron chi connectivity index (χ4n) is 1.41. The normalized spacial score (nSPS) is 10.4. The lowest BCUT2D eigenvalue weighted by atomic mass is 10.3. The standard InChI is InChI=1S/C11H14N4O/c1-15(7-9-3-5-16-8-9)11-13-4-2-10(6-12)14-11/h2-5,8H,6-7,12H2,1H3. The van der Waals surface area contributed by atoms with E-state index in [4.69, 9.17) is 10.2 Å².